The molecule has 2 heterocycles. The smallest absolute Gasteiger partial charge is 0.293 e. The van der Waals surface area contributed by atoms with E-state index in [4.69, 9.17) is 9.15 Å². The Morgan fingerprint density at radius 2 is 1.87 bits per heavy atom. The maximum atomic E-state index is 12.9. The van der Waals surface area contributed by atoms with E-state index in [-0.39, 0.29) is 11.7 Å². The van der Waals surface area contributed by atoms with E-state index in [2.05, 4.69) is 34.6 Å². The second kappa shape index (κ2) is 7.74. The molecule has 0 fully saturated rings. The molecular weight excluding hydrogens is 396 g/mol. The number of rotatable bonds is 5. The first kappa shape index (κ1) is 18.5. The number of nitrogens with zero attached hydrogens (tertiary/aromatic N) is 1. The van der Waals surface area contributed by atoms with E-state index in [1.807, 2.05) is 47.8 Å². The van der Waals surface area contributed by atoms with E-state index in [9.17, 15) is 4.79 Å². The average molecular weight is 414 g/mol. The van der Waals surface area contributed by atoms with Crippen LogP contribution < -0.4 is 5.32 Å². The lowest BCUT2D eigenvalue weighted by Gasteiger charge is -2.03. The lowest BCUT2D eigenvalue weighted by atomic mass is 10.1. The Balaban J connectivity index is 1.43. The van der Waals surface area contributed by atoms with Gasteiger partial charge in [-0.3, -0.25) is 10.1 Å². The fraction of sp³-hybridized carbons (Fsp3) is 0.0833. The van der Waals surface area contributed by atoms with Crippen LogP contribution in [-0.2, 0) is 11.3 Å². The number of amides is 1. The van der Waals surface area contributed by atoms with Gasteiger partial charge in [0.05, 0.1) is 12.3 Å². The van der Waals surface area contributed by atoms with Crippen molar-refractivity contribution < 1.29 is 13.9 Å². The molecule has 6 heteroatoms. The minimum atomic E-state index is -0.335. The van der Waals surface area contributed by atoms with Crippen LogP contribution in [-0.4, -0.2) is 18.0 Å². The summed E-state index contributed by atoms with van der Waals surface area (Å²) in [5.74, 6) is -0.0850. The van der Waals surface area contributed by atoms with Gasteiger partial charge in [0.25, 0.3) is 5.91 Å². The second-order valence-electron chi connectivity index (χ2n) is 6.89. The van der Waals surface area contributed by atoms with Crippen molar-refractivity contribution in [2.24, 2.45) is 0 Å². The number of para-hydroxylation sites is 1. The summed E-state index contributed by atoms with van der Waals surface area (Å²) in [6.07, 6.45) is 0. The average Bonchev–Trinajstić information content (AvgIpc) is 3.39. The maximum Gasteiger partial charge on any atom is 0.293 e. The number of ether oxygens (including phenoxy) is 1. The van der Waals surface area contributed by atoms with Crippen LogP contribution in [0.5, 0.6) is 0 Å². The third-order valence-electron chi connectivity index (χ3n) is 4.96. The van der Waals surface area contributed by atoms with Gasteiger partial charge in [0, 0.05) is 29.0 Å². The summed E-state index contributed by atoms with van der Waals surface area (Å²) >= 11 is 1.38. The predicted octanol–water partition coefficient (Wildman–Crippen LogP) is 6.11. The van der Waals surface area contributed by atoms with E-state index in [0.29, 0.717) is 17.3 Å². The normalized spacial score (nSPS) is 11.2. The Hall–Kier alpha value is -3.48. The number of hydrogen-bond donors (Lipinski definition) is 1. The standard InChI is InChI=1S/C24H18N2O3S/c1-28-13-19-18-8-4-5-9-21(18)29-22(19)23(27)26-24-25-20(14-30-24)17-11-10-15-6-2-3-7-16(15)12-17/h2-12,14H,13H2,1H3,(H,25,26,27). The van der Waals surface area contributed by atoms with Gasteiger partial charge in [-0.1, -0.05) is 54.6 Å². The Morgan fingerprint density at radius 1 is 1.07 bits per heavy atom. The van der Waals surface area contributed by atoms with Crippen LogP contribution in [0.2, 0.25) is 0 Å². The van der Waals surface area contributed by atoms with Crippen LogP contribution in [0.25, 0.3) is 33.0 Å². The van der Waals surface area contributed by atoms with Crippen molar-refractivity contribution in [3.63, 3.8) is 0 Å². The van der Waals surface area contributed by atoms with E-state index >= 15 is 0 Å². The Morgan fingerprint density at radius 3 is 2.73 bits per heavy atom. The molecular formula is C24H18N2O3S. The zero-order valence-corrected chi connectivity index (χ0v) is 17.0. The molecule has 1 N–H and O–H groups in total. The number of anilines is 1. The first-order valence-electron chi connectivity index (χ1n) is 9.48. The van der Waals surface area contributed by atoms with E-state index < -0.39 is 0 Å². The zero-order valence-electron chi connectivity index (χ0n) is 16.2. The maximum absolute atomic E-state index is 12.9. The van der Waals surface area contributed by atoms with Gasteiger partial charge < -0.3 is 9.15 Å². The van der Waals surface area contributed by atoms with Gasteiger partial charge in [-0.05, 0) is 22.9 Å². The first-order valence-corrected chi connectivity index (χ1v) is 10.4. The third kappa shape index (κ3) is 3.36. The molecule has 0 saturated heterocycles. The van der Waals surface area contributed by atoms with Crippen LogP contribution in [0.1, 0.15) is 16.1 Å². The Bertz CT molecular complexity index is 1370. The molecule has 148 valence electrons. The second-order valence-corrected chi connectivity index (χ2v) is 7.75. The number of thiazole rings is 1. The fourth-order valence-electron chi connectivity index (χ4n) is 3.54. The van der Waals surface area contributed by atoms with Gasteiger partial charge in [0.15, 0.2) is 10.9 Å². The predicted molar refractivity (Wildman–Crippen MR) is 120 cm³/mol. The molecule has 0 unspecified atom stereocenters. The van der Waals surface area contributed by atoms with Gasteiger partial charge in [-0.2, -0.15) is 0 Å². The summed E-state index contributed by atoms with van der Waals surface area (Å²) in [5, 5.41) is 8.53. The lowest BCUT2D eigenvalue weighted by Crippen LogP contribution is -2.13. The number of aromatic nitrogens is 1. The zero-order chi connectivity index (χ0) is 20.5. The molecule has 5 rings (SSSR count). The van der Waals surface area contributed by atoms with Gasteiger partial charge in [0.1, 0.15) is 5.58 Å². The van der Waals surface area contributed by atoms with Crippen molar-refractivity contribution in [2.45, 2.75) is 6.61 Å². The quantitative estimate of drug-likeness (QED) is 0.377. The molecule has 5 aromatic rings. The number of methoxy groups -OCH3 is 1. The van der Waals surface area contributed by atoms with Crippen LogP contribution in [0, 0.1) is 0 Å². The number of carbonyl (C=O) groups is 1. The number of hydrogen-bond acceptors (Lipinski definition) is 5. The molecule has 1 amide bonds. The highest BCUT2D eigenvalue weighted by atomic mass is 32.1. The van der Waals surface area contributed by atoms with Crippen molar-refractivity contribution in [1.29, 1.82) is 0 Å². The van der Waals surface area contributed by atoms with Gasteiger partial charge in [0.2, 0.25) is 0 Å². The fourth-order valence-corrected chi connectivity index (χ4v) is 4.25. The van der Waals surface area contributed by atoms with Crippen LogP contribution in [0.4, 0.5) is 5.13 Å². The number of furan rings is 1. The van der Waals surface area contributed by atoms with Crippen molar-refractivity contribution in [3.05, 3.63) is 83.4 Å². The number of carbonyl (C=O) groups excluding carboxylic acids is 1. The number of nitrogens with one attached hydrogen (secondary N) is 1. The highest BCUT2D eigenvalue weighted by Gasteiger charge is 2.21. The van der Waals surface area contributed by atoms with E-state index in [0.717, 1.165) is 27.6 Å². The first-order chi connectivity index (χ1) is 14.7. The number of benzene rings is 3. The molecule has 0 aliphatic carbocycles. The van der Waals surface area contributed by atoms with Crippen LogP contribution in [0.3, 0.4) is 0 Å². The lowest BCUT2D eigenvalue weighted by molar-refractivity contribution is 0.0992. The monoisotopic (exact) mass is 414 g/mol. The summed E-state index contributed by atoms with van der Waals surface area (Å²) in [7, 11) is 1.60. The highest BCUT2D eigenvalue weighted by Crippen LogP contribution is 2.30. The summed E-state index contributed by atoms with van der Waals surface area (Å²) in [6.45, 7) is 0.292. The minimum absolute atomic E-state index is 0.250. The summed E-state index contributed by atoms with van der Waals surface area (Å²) in [4.78, 5) is 17.5. The number of fused-ring (bicyclic) bond motifs is 2. The van der Waals surface area contributed by atoms with Gasteiger partial charge in [-0.25, -0.2) is 4.98 Å². The largest absolute Gasteiger partial charge is 0.451 e. The van der Waals surface area contributed by atoms with Crippen LogP contribution in [0.15, 0.2) is 76.5 Å². The molecule has 0 bridgehead atoms. The van der Waals surface area contributed by atoms with Gasteiger partial charge >= 0.3 is 0 Å². The SMILES string of the molecule is COCc1c(C(=O)Nc2nc(-c3ccc4ccccc4c3)cs2)oc2ccccc12. The molecule has 30 heavy (non-hydrogen) atoms. The van der Waals surface area contributed by atoms with Gasteiger partial charge in [-0.15, -0.1) is 11.3 Å². The van der Waals surface area contributed by atoms with Crippen molar-refractivity contribution in [3.8, 4) is 11.3 Å². The van der Waals surface area contributed by atoms with Crippen LogP contribution >= 0.6 is 11.3 Å². The molecule has 0 atom stereocenters. The molecule has 5 nitrogen and oxygen atoms in total. The minimum Gasteiger partial charge on any atom is -0.451 e. The van der Waals surface area contributed by atoms with Crippen molar-refractivity contribution in [1.82, 2.24) is 4.98 Å². The summed E-state index contributed by atoms with van der Waals surface area (Å²) in [6, 6.07) is 22.0. The summed E-state index contributed by atoms with van der Waals surface area (Å²) < 4.78 is 11.1. The molecule has 0 aliphatic heterocycles. The molecule has 0 saturated carbocycles. The molecule has 3 aromatic carbocycles. The van der Waals surface area contributed by atoms with E-state index in [1.54, 1.807) is 7.11 Å². The molecule has 0 spiro atoms. The summed E-state index contributed by atoms with van der Waals surface area (Å²) in [5.41, 5.74) is 3.22. The van der Waals surface area contributed by atoms with Crippen molar-refractivity contribution >= 4 is 44.1 Å². The van der Waals surface area contributed by atoms with E-state index in [1.165, 1.54) is 16.7 Å². The molecule has 0 radical (unpaired) electrons. The molecule has 0 aliphatic rings. The topological polar surface area (TPSA) is 64.4 Å². The third-order valence-corrected chi connectivity index (χ3v) is 5.72. The Labute approximate surface area is 176 Å². The highest BCUT2D eigenvalue weighted by molar-refractivity contribution is 7.14. The molecule has 2 aromatic heterocycles. The Kier molecular flexibility index (Phi) is 4.78. The van der Waals surface area contributed by atoms with Crippen molar-refractivity contribution in [2.75, 3.05) is 12.4 Å².